The van der Waals surface area contributed by atoms with Gasteiger partial charge in [-0.3, -0.25) is 9.69 Å². The number of rotatable bonds is 5. The van der Waals surface area contributed by atoms with E-state index < -0.39 is 11.9 Å². The Balaban J connectivity index is 1.48. The maximum absolute atomic E-state index is 11.7. The molecule has 6 heteroatoms. The highest BCUT2D eigenvalue weighted by molar-refractivity contribution is 9.10. The van der Waals surface area contributed by atoms with Crippen molar-refractivity contribution in [2.24, 2.45) is 5.92 Å². The largest absolute Gasteiger partial charge is 0.481 e. The zero-order chi connectivity index (χ0) is 16.7. The molecule has 1 saturated carbocycles. The zero-order valence-electron chi connectivity index (χ0n) is 13.2. The van der Waals surface area contributed by atoms with Crippen LogP contribution < -0.4 is 0 Å². The third-order valence-electron chi connectivity index (χ3n) is 4.96. The number of hydrogen-bond donors (Lipinski definition) is 1. The van der Waals surface area contributed by atoms with Gasteiger partial charge >= 0.3 is 5.97 Å². The molecular weight excluding hydrogens is 372 g/mol. The van der Waals surface area contributed by atoms with E-state index in [1.54, 1.807) is 0 Å². The second-order valence-electron chi connectivity index (χ2n) is 6.79. The molecule has 0 radical (unpaired) electrons. The maximum Gasteiger partial charge on any atom is 0.308 e. The van der Waals surface area contributed by atoms with E-state index in [9.17, 15) is 9.90 Å². The minimum atomic E-state index is -0.735. The van der Waals surface area contributed by atoms with Crippen LogP contribution in [0.4, 0.5) is 0 Å². The van der Waals surface area contributed by atoms with Gasteiger partial charge in [-0.2, -0.15) is 0 Å². The summed E-state index contributed by atoms with van der Waals surface area (Å²) in [5.41, 5.74) is 2.12. The van der Waals surface area contributed by atoms with E-state index in [0.717, 1.165) is 28.0 Å². The predicted molar refractivity (Wildman–Crippen MR) is 91.8 cm³/mol. The lowest BCUT2D eigenvalue weighted by Crippen LogP contribution is -2.23. The van der Waals surface area contributed by atoms with Crippen molar-refractivity contribution in [2.45, 2.75) is 31.2 Å². The molecule has 1 aliphatic heterocycles. The van der Waals surface area contributed by atoms with Crippen molar-refractivity contribution in [3.63, 3.8) is 0 Å². The van der Waals surface area contributed by atoms with Crippen molar-refractivity contribution in [1.82, 2.24) is 10.1 Å². The number of likely N-dealkylation sites (tertiary alicyclic amines) is 1. The Hall–Kier alpha value is -1.66. The lowest BCUT2D eigenvalue weighted by molar-refractivity contribution is -0.141. The maximum atomic E-state index is 11.7. The van der Waals surface area contributed by atoms with Crippen LogP contribution in [0.1, 0.15) is 41.7 Å². The van der Waals surface area contributed by atoms with Crippen LogP contribution in [0.3, 0.4) is 0 Å². The van der Waals surface area contributed by atoms with Gasteiger partial charge in [0.15, 0.2) is 5.76 Å². The number of carboxylic acids is 1. The average molecular weight is 391 g/mol. The van der Waals surface area contributed by atoms with E-state index in [1.807, 2.05) is 30.3 Å². The molecule has 2 fully saturated rings. The zero-order valence-corrected chi connectivity index (χ0v) is 14.8. The molecule has 2 atom stereocenters. The molecule has 4 rings (SSSR count). The second-order valence-corrected chi connectivity index (χ2v) is 7.70. The Bertz CT molecular complexity index is 739. The van der Waals surface area contributed by atoms with E-state index in [4.69, 9.17) is 4.52 Å². The molecule has 0 bridgehead atoms. The first kappa shape index (κ1) is 15.8. The highest BCUT2D eigenvalue weighted by atomic mass is 79.9. The van der Waals surface area contributed by atoms with Crippen LogP contribution in [0.25, 0.3) is 0 Å². The SMILES string of the molecule is O=C(O)[C@@H]1CN(Cc2cc(C3CC3)no2)C[C@H]1c1ccc(Br)cc1. The second kappa shape index (κ2) is 6.33. The van der Waals surface area contributed by atoms with Crippen molar-refractivity contribution >= 4 is 21.9 Å². The van der Waals surface area contributed by atoms with E-state index in [-0.39, 0.29) is 5.92 Å². The molecule has 1 saturated heterocycles. The van der Waals surface area contributed by atoms with Gasteiger partial charge < -0.3 is 9.63 Å². The number of nitrogens with zero attached hydrogens (tertiary/aromatic N) is 2. The quantitative estimate of drug-likeness (QED) is 0.844. The summed E-state index contributed by atoms with van der Waals surface area (Å²) in [6.07, 6.45) is 2.39. The molecular formula is C18H19BrN2O3. The molecule has 2 aromatic rings. The number of aliphatic carboxylic acids is 1. The van der Waals surface area contributed by atoms with E-state index in [0.29, 0.717) is 19.0 Å². The lowest BCUT2D eigenvalue weighted by atomic mass is 9.89. The first-order valence-electron chi connectivity index (χ1n) is 8.26. The van der Waals surface area contributed by atoms with Gasteiger partial charge in [0, 0.05) is 35.5 Å². The molecule has 0 amide bonds. The van der Waals surface area contributed by atoms with Gasteiger partial charge in [0.2, 0.25) is 0 Å². The number of carboxylic acid groups (broad SMARTS) is 1. The Morgan fingerprint density at radius 3 is 2.71 bits per heavy atom. The van der Waals surface area contributed by atoms with Crippen LogP contribution in [0.15, 0.2) is 39.3 Å². The van der Waals surface area contributed by atoms with Crippen LogP contribution >= 0.6 is 15.9 Å². The normalized spacial score (nSPS) is 24.4. The van der Waals surface area contributed by atoms with Crippen molar-refractivity contribution < 1.29 is 14.4 Å². The minimum Gasteiger partial charge on any atom is -0.481 e. The molecule has 1 aromatic carbocycles. The molecule has 0 spiro atoms. The minimum absolute atomic E-state index is 0.00132. The lowest BCUT2D eigenvalue weighted by Gasteiger charge is -2.15. The summed E-state index contributed by atoms with van der Waals surface area (Å²) in [6.45, 7) is 1.88. The topological polar surface area (TPSA) is 66.6 Å². The molecule has 2 heterocycles. The predicted octanol–water partition coefficient (Wildman–Crippen LogP) is 3.61. The van der Waals surface area contributed by atoms with Gasteiger partial charge in [-0.1, -0.05) is 33.2 Å². The molecule has 1 aliphatic carbocycles. The number of benzene rings is 1. The monoisotopic (exact) mass is 390 g/mol. The summed E-state index contributed by atoms with van der Waals surface area (Å²) in [5, 5.41) is 13.7. The number of halogens is 1. The Morgan fingerprint density at radius 2 is 2.04 bits per heavy atom. The standard InChI is InChI=1S/C18H19BrN2O3/c19-13-5-3-11(4-6-13)15-9-21(10-16(15)18(22)23)8-14-7-17(20-24-14)12-1-2-12/h3-7,12,15-16H,1-2,8-10H2,(H,22,23)/t15-,16+/m0/s1. The van der Waals surface area contributed by atoms with Crippen molar-refractivity contribution in [3.8, 4) is 0 Å². The molecule has 24 heavy (non-hydrogen) atoms. The van der Waals surface area contributed by atoms with Crippen LogP contribution in [0.5, 0.6) is 0 Å². The first-order valence-corrected chi connectivity index (χ1v) is 9.05. The van der Waals surface area contributed by atoms with Crippen LogP contribution in [-0.2, 0) is 11.3 Å². The fourth-order valence-electron chi connectivity index (χ4n) is 3.51. The number of carbonyl (C=O) groups is 1. The first-order chi connectivity index (χ1) is 11.6. The fraction of sp³-hybridized carbons (Fsp3) is 0.444. The average Bonchev–Trinajstić information content (AvgIpc) is 3.16. The summed E-state index contributed by atoms with van der Waals surface area (Å²) in [4.78, 5) is 13.8. The summed E-state index contributed by atoms with van der Waals surface area (Å²) in [7, 11) is 0. The molecule has 0 unspecified atom stereocenters. The highest BCUT2D eigenvalue weighted by Crippen LogP contribution is 2.40. The molecule has 5 nitrogen and oxygen atoms in total. The van der Waals surface area contributed by atoms with Crippen molar-refractivity contribution in [2.75, 3.05) is 13.1 Å². The van der Waals surface area contributed by atoms with Crippen LogP contribution in [0, 0.1) is 5.92 Å². The number of hydrogen-bond acceptors (Lipinski definition) is 4. The Morgan fingerprint density at radius 1 is 1.29 bits per heavy atom. The Kier molecular flexibility index (Phi) is 4.18. The summed E-state index contributed by atoms with van der Waals surface area (Å²) in [6, 6.07) is 9.98. The van der Waals surface area contributed by atoms with Gasteiger partial charge in [-0.15, -0.1) is 0 Å². The summed E-state index contributed by atoms with van der Waals surface area (Å²) < 4.78 is 6.44. The Labute approximate surface area is 148 Å². The van der Waals surface area contributed by atoms with Crippen LogP contribution in [0.2, 0.25) is 0 Å². The summed E-state index contributed by atoms with van der Waals surface area (Å²) >= 11 is 3.43. The smallest absolute Gasteiger partial charge is 0.308 e. The van der Waals surface area contributed by atoms with E-state index >= 15 is 0 Å². The summed E-state index contributed by atoms with van der Waals surface area (Å²) in [5.74, 6) is 0.279. The van der Waals surface area contributed by atoms with Crippen molar-refractivity contribution in [3.05, 3.63) is 51.8 Å². The van der Waals surface area contributed by atoms with Gasteiger partial charge in [-0.05, 0) is 30.5 Å². The third kappa shape index (κ3) is 3.26. The van der Waals surface area contributed by atoms with Gasteiger partial charge in [0.05, 0.1) is 18.2 Å². The van der Waals surface area contributed by atoms with Gasteiger partial charge in [0.1, 0.15) is 0 Å². The van der Waals surface area contributed by atoms with Crippen molar-refractivity contribution in [1.29, 1.82) is 0 Å². The fourth-order valence-corrected chi connectivity index (χ4v) is 3.77. The molecule has 126 valence electrons. The van der Waals surface area contributed by atoms with E-state index in [2.05, 4.69) is 26.0 Å². The van der Waals surface area contributed by atoms with Crippen LogP contribution in [-0.4, -0.2) is 34.2 Å². The molecule has 2 aliphatic rings. The van der Waals surface area contributed by atoms with Gasteiger partial charge in [-0.25, -0.2) is 0 Å². The van der Waals surface area contributed by atoms with Gasteiger partial charge in [0.25, 0.3) is 0 Å². The third-order valence-corrected chi connectivity index (χ3v) is 5.49. The molecule has 1 aromatic heterocycles. The molecule has 1 N–H and O–H groups in total. The highest BCUT2D eigenvalue weighted by Gasteiger charge is 2.39. The number of aromatic nitrogens is 1. The van der Waals surface area contributed by atoms with E-state index in [1.165, 1.54) is 12.8 Å².